The lowest BCUT2D eigenvalue weighted by molar-refractivity contribution is -0.361. The SMILES string of the molecule is CCCCCCCCCC(O)(CCc1ccccc1)CC(F)(F)C(F)(F)C(F)(F)F. The molecule has 0 heterocycles. The van der Waals surface area contributed by atoms with Gasteiger partial charge in [0.05, 0.1) is 5.60 Å². The summed E-state index contributed by atoms with van der Waals surface area (Å²) >= 11 is 0. The molecule has 1 aromatic carbocycles. The maximum Gasteiger partial charge on any atom is 0.459 e. The minimum atomic E-state index is -6.39. The molecule has 1 atom stereocenters. The molecule has 0 saturated carbocycles. The molecule has 0 aliphatic heterocycles. The number of aliphatic hydroxyl groups is 1. The van der Waals surface area contributed by atoms with Gasteiger partial charge in [-0.25, -0.2) is 0 Å². The second-order valence-corrected chi connectivity index (χ2v) is 8.03. The summed E-state index contributed by atoms with van der Waals surface area (Å²) in [5.74, 6) is -11.6. The predicted octanol–water partition coefficient (Wildman–Crippen LogP) is 7.71. The fourth-order valence-electron chi connectivity index (χ4n) is 3.47. The lowest BCUT2D eigenvalue weighted by atomic mass is 9.83. The fraction of sp³-hybridized carbons (Fsp3) is 0.727. The third-order valence-corrected chi connectivity index (χ3v) is 5.33. The van der Waals surface area contributed by atoms with Gasteiger partial charge in [0.25, 0.3) is 0 Å². The Morgan fingerprint density at radius 3 is 1.80 bits per heavy atom. The van der Waals surface area contributed by atoms with Crippen LogP contribution >= 0.6 is 0 Å². The van der Waals surface area contributed by atoms with Crippen LogP contribution in [0.15, 0.2) is 30.3 Å². The third-order valence-electron chi connectivity index (χ3n) is 5.33. The van der Waals surface area contributed by atoms with E-state index in [1.165, 1.54) is 0 Å². The molecule has 30 heavy (non-hydrogen) atoms. The highest BCUT2D eigenvalue weighted by Gasteiger charge is 2.73. The number of alkyl halides is 7. The van der Waals surface area contributed by atoms with Gasteiger partial charge in [-0.05, 0) is 24.8 Å². The van der Waals surface area contributed by atoms with Gasteiger partial charge in [-0.2, -0.15) is 30.7 Å². The Kier molecular flexibility index (Phi) is 10.1. The zero-order valence-electron chi connectivity index (χ0n) is 17.3. The summed E-state index contributed by atoms with van der Waals surface area (Å²) < 4.78 is 92.3. The van der Waals surface area contributed by atoms with E-state index >= 15 is 0 Å². The average Bonchev–Trinajstić information content (AvgIpc) is 2.65. The van der Waals surface area contributed by atoms with Crippen molar-refractivity contribution in [2.75, 3.05) is 0 Å². The summed E-state index contributed by atoms with van der Waals surface area (Å²) in [5, 5.41) is 10.7. The Labute approximate surface area is 173 Å². The van der Waals surface area contributed by atoms with Crippen LogP contribution < -0.4 is 0 Å². The van der Waals surface area contributed by atoms with Crippen molar-refractivity contribution in [1.29, 1.82) is 0 Å². The highest BCUT2D eigenvalue weighted by Crippen LogP contribution is 2.50. The second-order valence-electron chi connectivity index (χ2n) is 8.03. The van der Waals surface area contributed by atoms with E-state index in [4.69, 9.17) is 0 Å². The normalized spacial score (nSPS) is 15.2. The summed E-state index contributed by atoms with van der Waals surface area (Å²) in [6, 6.07) is 8.47. The van der Waals surface area contributed by atoms with Crippen LogP contribution in [0.2, 0.25) is 0 Å². The van der Waals surface area contributed by atoms with Gasteiger partial charge in [-0.3, -0.25) is 0 Å². The molecule has 0 saturated heterocycles. The van der Waals surface area contributed by atoms with Crippen LogP contribution in [0.4, 0.5) is 30.7 Å². The first-order valence-corrected chi connectivity index (χ1v) is 10.4. The van der Waals surface area contributed by atoms with Crippen molar-refractivity contribution in [2.45, 2.75) is 101 Å². The van der Waals surface area contributed by atoms with Crippen molar-refractivity contribution in [3.8, 4) is 0 Å². The molecular weight excluding hydrogens is 413 g/mol. The number of unbranched alkanes of at least 4 members (excludes halogenated alkanes) is 6. The molecule has 0 radical (unpaired) electrons. The lowest BCUT2D eigenvalue weighted by Crippen LogP contribution is -2.55. The van der Waals surface area contributed by atoms with E-state index in [-0.39, 0.29) is 25.7 Å². The largest absolute Gasteiger partial charge is 0.459 e. The molecule has 0 amide bonds. The molecule has 0 aliphatic carbocycles. The van der Waals surface area contributed by atoms with Crippen molar-refractivity contribution >= 4 is 0 Å². The Morgan fingerprint density at radius 1 is 0.733 bits per heavy atom. The van der Waals surface area contributed by atoms with Gasteiger partial charge in [0, 0.05) is 6.42 Å². The molecule has 8 heteroatoms. The maximum absolute atomic E-state index is 14.0. The van der Waals surface area contributed by atoms with Crippen LogP contribution in [-0.2, 0) is 6.42 Å². The van der Waals surface area contributed by atoms with Gasteiger partial charge >= 0.3 is 18.0 Å². The second kappa shape index (κ2) is 11.3. The summed E-state index contributed by atoms with van der Waals surface area (Å²) in [7, 11) is 0. The molecule has 1 nitrogen and oxygen atoms in total. The summed E-state index contributed by atoms with van der Waals surface area (Å²) in [6.45, 7) is 2.06. The predicted molar refractivity (Wildman–Crippen MR) is 103 cm³/mol. The zero-order valence-corrected chi connectivity index (χ0v) is 17.3. The van der Waals surface area contributed by atoms with E-state index in [0.717, 1.165) is 32.1 Å². The third kappa shape index (κ3) is 8.08. The monoisotopic (exact) mass is 444 g/mol. The topological polar surface area (TPSA) is 20.2 Å². The standard InChI is InChI=1S/C22H31F7O/c1-2-3-4-5-6-7-11-15-19(30,16-14-18-12-9-8-10-13-18)17-20(23,24)21(25,26)22(27,28)29/h8-10,12-13,30H,2-7,11,14-17H2,1H3. The molecule has 0 aliphatic rings. The van der Waals surface area contributed by atoms with Gasteiger partial charge < -0.3 is 5.11 Å². The van der Waals surface area contributed by atoms with Crippen LogP contribution in [0.25, 0.3) is 0 Å². The summed E-state index contributed by atoms with van der Waals surface area (Å²) in [6.07, 6.45) is -3.06. The van der Waals surface area contributed by atoms with E-state index in [0.29, 0.717) is 12.0 Å². The molecule has 0 spiro atoms. The Bertz CT molecular complexity index is 601. The Hall–Kier alpha value is -1.31. The smallest absolute Gasteiger partial charge is 0.390 e. The van der Waals surface area contributed by atoms with E-state index < -0.39 is 30.0 Å². The number of benzene rings is 1. The number of halogens is 7. The average molecular weight is 444 g/mol. The first kappa shape index (κ1) is 26.7. The first-order chi connectivity index (χ1) is 13.8. The minimum absolute atomic E-state index is 0.0987. The van der Waals surface area contributed by atoms with Crippen molar-refractivity contribution in [3.63, 3.8) is 0 Å². The molecule has 174 valence electrons. The molecule has 0 bridgehead atoms. The molecule has 0 fully saturated rings. The van der Waals surface area contributed by atoms with E-state index in [2.05, 4.69) is 6.92 Å². The molecular formula is C22H31F7O. The van der Waals surface area contributed by atoms with E-state index in [1.54, 1.807) is 30.3 Å². The van der Waals surface area contributed by atoms with Gasteiger partial charge in [-0.1, -0.05) is 82.2 Å². The van der Waals surface area contributed by atoms with Crippen molar-refractivity contribution in [1.82, 2.24) is 0 Å². The number of aryl methyl sites for hydroxylation is 1. The van der Waals surface area contributed by atoms with Crippen molar-refractivity contribution in [3.05, 3.63) is 35.9 Å². The quantitative estimate of drug-likeness (QED) is 0.230. The molecule has 0 aromatic heterocycles. The van der Waals surface area contributed by atoms with Crippen molar-refractivity contribution in [2.24, 2.45) is 0 Å². The van der Waals surface area contributed by atoms with Crippen LogP contribution in [0, 0.1) is 0 Å². The summed E-state index contributed by atoms with van der Waals surface area (Å²) in [4.78, 5) is 0. The molecule has 1 rings (SSSR count). The molecule has 1 N–H and O–H groups in total. The summed E-state index contributed by atoms with van der Waals surface area (Å²) in [5.41, 5.74) is -1.64. The number of rotatable bonds is 14. The molecule has 1 aromatic rings. The van der Waals surface area contributed by atoms with Gasteiger partial charge in [0.15, 0.2) is 0 Å². The van der Waals surface area contributed by atoms with Gasteiger partial charge in [-0.15, -0.1) is 0 Å². The van der Waals surface area contributed by atoms with E-state index in [1.807, 2.05) is 0 Å². The Morgan fingerprint density at radius 2 is 1.27 bits per heavy atom. The number of hydrogen-bond donors (Lipinski definition) is 1. The van der Waals surface area contributed by atoms with Crippen LogP contribution in [0.3, 0.4) is 0 Å². The minimum Gasteiger partial charge on any atom is -0.390 e. The highest BCUT2D eigenvalue weighted by molar-refractivity contribution is 5.15. The first-order valence-electron chi connectivity index (χ1n) is 10.4. The van der Waals surface area contributed by atoms with Gasteiger partial charge in [0.1, 0.15) is 0 Å². The Balaban J connectivity index is 2.82. The maximum atomic E-state index is 14.0. The van der Waals surface area contributed by atoms with E-state index in [9.17, 15) is 35.8 Å². The van der Waals surface area contributed by atoms with Gasteiger partial charge in [0.2, 0.25) is 0 Å². The van der Waals surface area contributed by atoms with Crippen molar-refractivity contribution < 1.29 is 35.8 Å². The van der Waals surface area contributed by atoms with Crippen LogP contribution in [0.5, 0.6) is 0 Å². The fourth-order valence-corrected chi connectivity index (χ4v) is 3.47. The highest BCUT2D eigenvalue weighted by atomic mass is 19.4. The van der Waals surface area contributed by atoms with Crippen LogP contribution in [-0.4, -0.2) is 28.7 Å². The lowest BCUT2D eigenvalue weighted by Gasteiger charge is -2.36. The molecule has 1 unspecified atom stereocenters. The zero-order chi connectivity index (χ0) is 22.9. The van der Waals surface area contributed by atoms with Crippen LogP contribution in [0.1, 0.15) is 76.7 Å². The number of hydrogen-bond acceptors (Lipinski definition) is 1.